The van der Waals surface area contributed by atoms with Gasteiger partial charge in [-0.05, 0) is 52.9 Å². The fourth-order valence-electron chi connectivity index (χ4n) is 8.01. The van der Waals surface area contributed by atoms with Crippen LogP contribution in [0.2, 0.25) is 0 Å². The lowest BCUT2D eigenvalue weighted by Crippen LogP contribution is -2.03. The minimum absolute atomic E-state index is 0.826. The van der Waals surface area contributed by atoms with Gasteiger partial charge in [-0.15, -0.1) is 0 Å². The van der Waals surface area contributed by atoms with Gasteiger partial charge in [0.15, 0.2) is 5.82 Å². The first-order valence-corrected chi connectivity index (χ1v) is 16.4. The van der Waals surface area contributed by atoms with Gasteiger partial charge in [0.25, 0.3) is 0 Å². The first-order chi connectivity index (χ1) is 23.8. The predicted molar refractivity (Wildman–Crippen MR) is 199 cm³/mol. The van der Waals surface area contributed by atoms with Gasteiger partial charge in [-0.3, -0.25) is 4.57 Å². The van der Waals surface area contributed by atoms with Gasteiger partial charge >= 0.3 is 0 Å². The highest BCUT2D eigenvalue weighted by atomic mass is 15.1. The lowest BCUT2D eigenvalue weighted by molar-refractivity contribution is 1.08. The fraction of sp³-hybridized carbons (Fsp3) is 0. The van der Waals surface area contributed by atoms with Crippen LogP contribution in [0.4, 0.5) is 0 Å². The summed E-state index contributed by atoms with van der Waals surface area (Å²) in [6.45, 7) is 0. The second kappa shape index (κ2) is 9.50. The fourth-order valence-corrected chi connectivity index (χ4v) is 8.01. The van der Waals surface area contributed by atoms with E-state index in [1.165, 1.54) is 60.0 Å². The molecule has 11 rings (SSSR count). The Morgan fingerprint density at radius 1 is 0.354 bits per heavy atom. The number of aromatic nitrogens is 4. The summed E-state index contributed by atoms with van der Waals surface area (Å²) in [5, 5.41) is 7.48. The summed E-state index contributed by atoms with van der Waals surface area (Å²) in [7, 11) is 0. The molecule has 0 bridgehead atoms. The first kappa shape index (κ1) is 25.6. The molecule has 48 heavy (non-hydrogen) atoms. The predicted octanol–water partition coefficient (Wildman–Crippen LogP) is 11.2. The molecule has 0 atom stereocenters. The van der Waals surface area contributed by atoms with E-state index in [-0.39, 0.29) is 0 Å². The molecule has 4 heterocycles. The van der Waals surface area contributed by atoms with Gasteiger partial charge in [0.2, 0.25) is 0 Å². The van der Waals surface area contributed by atoms with Crippen LogP contribution >= 0.6 is 0 Å². The average Bonchev–Trinajstić information content (AvgIpc) is 3.63. The zero-order valence-corrected chi connectivity index (χ0v) is 25.8. The van der Waals surface area contributed by atoms with Crippen molar-refractivity contribution in [3.63, 3.8) is 0 Å². The Morgan fingerprint density at radius 2 is 0.896 bits per heavy atom. The maximum Gasteiger partial charge on any atom is 0.165 e. The van der Waals surface area contributed by atoms with Crippen LogP contribution in [0.3, 0.4) is 0 Å². The molecule has 11 aromatic rings. The summed E-state index contributed by atoms with van der Waals surface area (Å²) in [5.74, 6) is 0.826. The van der Waals surface area contributed by atoms with Crippen molar-refractivity contribution >= 4 is 70.9 Å². The molecule has 0 saturated carbocycles. The van der Waals surface area contributed by atoms with Crippen LogP contribution in [0.15, 0.2) is 158 Å². The van der Waals surface area contributed by atoms with E-state index in [1.54, 1.807) is 0 Å². The summed E-state index contributed by atoms with van der Waals surface area (Å²) >= 11 is 0. The lowest BCUT2D eigenvalue weighted by atomic mass is 10.0. The van der Waals surface area contributed by atoms with E-state index in [2.05, 4.69) is 148 Å². The minimum Gasteiger partial charge on any atom is -0.308 e. The number of rotatable bonds is 3. The Hall–Kier alpha value is -6.52. The van der Waals surface area contributed by atoms with Crippen LogP contribution in [-0.2, 0) is 0 Å². The summed E-state index contributed by atoms with van der Waals surface area (Å²) in [6.07, 6.45) is 0. The number of nitrogens with zero attached hydrogens (tertiary/aromatic N) is 4. The maximum absolute atomic E-state index is 5.39. The van der Waals surface area contributed by atoms with Crippen LogP contribution in [-0.4, -0.2) is 18.9 Å². The molecule has 0 unspecified atom stereocenters. The largest absolute Gasteiger partial charge is 0.308 e. The van der Waals surface area contributed by atoms with Gasteiger partial charge in [-0.1, -0.05) is 121 Å². The Balaban J connectivity index is 1.30. The van der Waals surface area contributed by atoms with E-state index in [4.69, 9.17) is 9.97 Å². The molecule has 4 nitrogen and oxygen atoms in total. The highest BCUT2D eigenvalue weighted by Crippen LogP contribution is 2.44. The second-order valence-electron chi connectivity index (χ2n) is 12.6. The minimum atomic E-state index is 0.826. The number of para-hydroxylation sites is 4. The molecule has 0 amide bonds. The van der Waals surface area contributed by atoms with Crippen molar-refractivity contribution < 1.29 is 0 Å². The van der Waals surface area contributed by atoms with E-state index >= 15 is 0 Å². The number of fused-ring (bicyclic) bond motifs is 6. The molecule has 0 aliphatic carbocycles. The van der Waals surface area contributed by atoms with Crippen molar-refractivity contribution in [3.05, 3.63) is 158 Å². The SMILES string of the molecule is c1ccc(-c2ccc(-c3nc4ccccc4nc3-n3c4cccc5c6cccc7c8ccccc8n(c8cccc3c8c54)c67)cc2)cc1. The van der Waals surface area contributed by atoms with Crippen LogP contribution in [0.1, 0.15) is 0 Å². The van der Waals surface area contributed by atoms with Gasteiger partial charge in [0.1, 0.15) is 5.69 Å². The first-order valence-electron chi connectivity index (χ1n) is 16.4. The topological polar surface area (TPSA) is 35.1 Å². The van der Waals surface area contributed by atoms with E-state index in [9.17, 15) is 0 Å². The molecule has 7 aromatic carbocycles. The van der Waals surface area contributed by atoms with Crippen LogP contribution in [0.25, 0.3) is 99.1 Å². The van der Waals surface area contributed by atoms with E-state index in [0.29, 0.717) is 0 Å². The highest BCUT2D eigenvalue weighted by Gasteiger charge is 2.24. The van der Waals surface area contributed by atoms with Gasteiger partial charge in [0.05, 0.1) is 38.6 Å². The lowest BCUT2D eigenvalue weighted by Gasteiger charge is -2.14. The van der Waals surface area contributed by atoms with Crippen molar-refractivity contribution in [3.8, 4) is 28.2 Å². The molecule has 4 aromatic heterocycles. The molecule has 0 fully saturated rings. The third-order valence-electron chi connectivity index (χ3n) is 10.0. The Kier molecular flexibility index (Phi) is 5.08. The molecule has 222 valence electrons. The maximum atomic E-state index is 5.39. The Labute approximate surface area is 275 Å². The third kappa shape index (κ3) is 3.38. The van der Waals surface area contributed by atoms with E-state index in [1.807, 2.05) is 18.2 Å². The number of hydrogen-bond acceptors (Lipinski definition) is 2. The van der Waals surface area contributed by atoms with E-state index < -0.39 is 0 Å². The van der Waals surface area contributed by atoms with Crippen molar-refractivity contribution in [2.24, 2.45) is 0 Å². The highest BCUT2D eigenvalue weighted by molar-refractivity contribution is 6.31. The quantitative estimate of drug-likeness (QED) is 0.199. The summed E-state index contributed by atoms with van der Waals surface area (Å²) in [6, 6.07) is 56.3. The van der Waals surface area contributed by atoms with E-state index in [0.717, 1.165) is 39.1 Å². The standard InChI is InChI=1S/C44H26N4/c1-2-11-27(12-3-1)28-23-25-29(26-24-28)42-44(46-35-18-6-5-17-34(35)45-42)48-37-20-9-14-31-33-16-8-15-32-30-13-4-7-19-36(30)47(43(32)33)38-21-10-22-39(48)41(38)40(31)37/h1-26H. The van der Waals surface area contributed by atoms with Gasteiger partial charge in [-0.25, -0.2) is 9.97 Å². The van der Waals surface area contributed by atoms with Crippen molar-refractivity contribution in [2.75, 3.05) is 0 Å². The Morgan fingerprint density at radius 3 is 1.73 bits per heavy atom. The second-order valence-corrected chi connectivity index (χ2v) is 12.6. The molecule has 0 spiro atoms. The monoisotopic (exact) mass is 610 g/mol. The Bertz CT molecular complexity index is 3040. The molecule has 0 aliphatic rings. The molecule has 4 heteroatoms. The zero-order valence-electron chi connectivity index (χ0n) is 25.8. The van der Waals surface area contributed by atoms with Gasteiger partial charge in [0, 0.05) is 32.5 Å². The molecular weight excluding hydrogens is 585 g/mol. The number of hydrogen-bond donors (Lipinski definition) is 0. The molecule has 0 saturated heterocycles. The van der Waals surface area contributed by atoms with Gasteiger partial charge in [-0.2, -0.15) is 0 Å². The molecular formula is C44H26N4. The zero-order chi connectivity index (χ0) is 31.3. The van der Waals surface area contributed by atoms with Crippen molar-refractivity contribution in [1.82, 2.24) is 18.9 Å². The average molecular weight is 611 g/mol. The summed E-state index contributed by atoms with van der Waals surface area (Å²) in [5.41, 5.74) is 11.9. The van der Waals surface area contributed by atoms with Crippen LogP contribution < -0.4 is 0 Å². The summed E-state index contributed by atoms with van der Waals surface area (Å²) < 4.78 is 4.82. The molecule has 0 N–H and O–H groups in total. The van der Waals surface area contributed by atoms with Crippen molar-refractivity contribution in [2.45, 2.75) is 0 Å². The molecule has 0 radical (unpaired) electrons. The third-order valence-corrected chi connectivity index (χ3v) is 10.0. The van der Waals surface area contributed by atoms with Crippen LogP contribution in [0, 0.1) is 0 Å². The summed E-state index contributed by atoms with van der Waals surface area (Å²) in [4.78, 5) is 10.7. The molecule has 0 aliphatic heterocycles. The van der Waals surface area contributed by atoms with Crippen molar-refractivity contribution in [1.29, 1.82) is 0 Å². The number of benzene rings is 7. The van der Waals surface area contributed by atoms with Crippen LogP contribution in [0.5, 0.6) is 0 Å². The smallest absolute Gasteiger partial charge is 0.165 e. The normalized spacial score (nSPS) is 12.2. The van der Waals surface area contributed by atoms with Gasteiger partial charge < -0.3 is 4.40 Å².